The highest BCUT2D eigenvalue weighted by Crippen LogP contribution is 2.31. The van der Waals surface area contributed by atoms with Crippen LogP contribution in [0.3, 0.4) is 0 Å². The van der Waals surface area contributed by atoms with Crippen molar-refractivity contribution in [2.75, 3.05) is 20.3 Å². The largest absolute Gasteiger partial charge is 0.419 e. The van der Waals surface area contributed by atoms with Crippen LogP contribution in [0.4, 0.5) is 0 Å². The molecule has 0 aliphatic rings. The van der Waals surface area contributed by atoms with Crippen LogP contribution in [0.1, 0.15) is 47.5 Å². The number of ether oxygens (including phenoxy) is 1. The zero-order chi connectivity index (χ0) is 12.6. The van der Waals surface area contributed by atoms with Crippen LogP contribution in [0, 0.1) is 5.92 Å². The SMILES string of the molecule is COCCCO[SiH](CCC(C)C)C(C)(C)C. The molecular weight excluding hydrogens is 216 g/mol. The number of hydrogen-bond acceptors (Lipinski definition) is 2. The fourth-order valence-electron chi connectivity index (χ4n) is 1.68. The summed E-state index contributed by atoms with van der Waals surface area (Å²) in [6.45, 7) is 13.2. The Morgan fingerprint density at radius 1 is 1.12 bits per heavy atom. The predicted molar refractivity (Wildman–Crippen MR) is 73.6 cm³/mol. The molecule has 0 aromatic rings. The summed E-state index contributed by atoms with van der Waals surface area (Å²) in [6.07, 6.45) is 2.33. The maximum atomic E-state index is 6.12. The molecule has 0 saturated heterocycles. The Morgan fingerprint density at radius 2 is 1.75 bits per heavy atom. The number of rotatable bonds is 8. The van der Waals surface area contributed by atoms with Gasteiger partial charge in [-0.15, -0.1) is 0 Å². The van der Waals surface area contributed by atoms with Gasteiger partial charge in [0.05, 0.1) is 0 Å². The molecule has 0 amide bonds. The number of hydrogen-bond donors (Lipinski definition) is 0. The molecule has 16 heavy (non-hydrogen) atoms. The molecule has 0 rings (SSSR count). The minimum atomic E-state index is -1.08. The average Bonchev–Trinajstić information content (AvgIpc) is 2.14. The fraction of sp³-hybridized carbons (Fsp3) is 1.00. The van der Waals surface area contributed by atoms with Gasteiger partial charge in [-0.05, 0) is 23.4 Å². The van der Waals surface area contributed by atoms with E-state index >= 15 is 0 Å². The maximum absolute atomic E-state index is 6.12. The van der Waals surface area contributed by atoms with Gasteiger partial charge in [0.25, 0.3) is 0 Å². The summed E-state index contributed by atoms with van der Waals surface area (Å²) >= 11 is 0. The average molecular weight is 246 g/mol. The Bertz CT molecular complexity index is 164. The molecule has 0 radical (unpaired) electrons. The summed E-state index contributed by atoms with van der Waals surface area (Å²) in [5.41, 5.74) is 0. The highest BCUT2D eigenvalue weighted by atomic mass is 28.3. The highest BCUT2D eigenvalue weighted by molar-refractivity contribution is 6.55. The van der Waals surface area contributed by atoms with Gasteiger partial charge in [0, 0.05) is 20.3 Å². The van der Waals surface area contributed by atoms with Crippen molar-refractivity contribution < 1.29 is 9.16 Å². The van der Waals surface area contributed by atoms with Crippen molar-refractivity contribution >= 4 is 9.04 Å². The lowest BCUT2D eigenvalue weighted by atomic mass is 10.2. The van der Waals surface area contributed by atoms with E-state index in [0.29, 0.717) is 5.04 Å². The summed E-state index contributed by atoms with van der Waals surface area (Å²) in [6, 6.07) is 1.30. The highest BCUT2D eigenvalue weighted by Gasteiger charge is 2.27. The second kappa shape index (κ2) is 8.26. The first-order chi connectivity index (χ1) is 7.38. The van der Waals surface area contributed by atoms with E-state index in [4.69, 9.17) is 9.16 Å². The first-order valence-corrected chi connectivity index (χ1v) is 8.35. The van der Waals surface area contributed by atoms with Crippen molar-refractivity contribution in [1.82, 2.24) is 0 Å². The Hall–Kier alpha value is 0.137. The Kier molecular flexibility index (Phi) is 8.33. The third-order valence-corrected chi connectivity index (χ3v) is 6.21. The van der Waals surface area contributed by atoms with Gasteiger partial charge in [-0.25, -0.2) is 0 Å². The second-order valence-corrected chi connectivity index (χ2v) is 9.66. The maximum Gasteiger partial charge on any atom is 0.182 e. The minimum absolute atomic E-state index is 0.377. The fourth-order valence-corrected chi connectivity index (χ4v) is 4.63. The molecule has 98 valence electrons. The van der Waals surface area contributed by atoms with Crippen molar-refractivity contribution in [2.24, 2.45) is 5.92 Å². The van der Waals surface area contributed by atoms with E-state index in [1.165, 1.54) is 12.5 Å². The predicted octanol–water partition coefficient (Wildman–Crippen LogP) is 3.61. The van der Waals surface area contributed by atoms with Crippen LogP contribution in [0.25, 0.3) is 0 Å². The summed E-state index contributed by atoms with van der Waals surface area (Å²) in [5.74, 6) is 0.792. The molecule has 0 aromatic heterocycles. The van der Waals surface area contributed by atoms with E-state index in [9.17, 15) is 0 Å². The Morgan fingerprint density at radius 3 is 2.19 bits per heavy atom. The van der Waals surface area contributed by atoms with Gasteiger partial charge in [-0.3, -0.25) is 0 Å². The van der Waals surface area contributed by atoms with E-state index in [0.717, 1.165) is 25.6 Å². The van der Waals surface area contributed by atoms with Crippen LogP contribution < -0.4 is 0 Å². The van der Waals surface area contributed by atoms with Gasteiger partial charge in [-0.2, -0.15) is 0 Å². The smallest absolute Gasteiger partial charge is 0.182 e. The van der Waals surface area contributed by atoms with Crippen molar-refractivity contribution in [1.29, 1.82) is 0 Å². The molecular formula is C13H30O2Si. The lowest BCUT2D eigenvalue weighted by molar-refractivity contribution is 0.169. The summed E-state index contributed by atoms with van der Waals surface area (Å²) in [4.78, 5) is 0. The van der Waals surface area contributed by atoms with Gasteiger partial charge in [0.1, 0.15) is 0 Å². The van der Waals surface area contributed by atoms with Crippen LogP contribution >= 0.6 is 0 Å². The standard InChI is InChI=1S/C13H30O2Si/c1-12(2)8-11-16(13(3,4)5)15-10-7-9-14-6/h12,16H,7-11H2,1-6H3. The van der Waals surface area contributed by atoms with Crippen LogP contribution in [-0.4, -0.2) is 29.4 Å². The first-order valence-electron chi connectivity index (χ1n) is 6.48. The van der Waals surface area contributed by atoms with Gasteiger partial charge in [0.2, 0.25) is 0 Å². The summed E-state index contributed by atoms with van der Waals surface area (Å²) in [7, 11) is 0.671. The van der Waals surface area contributed by atoms with E-state index in [-0.39, 0.29) is 0 Å². The molecule has 0 aromatic carbocycles. The van der Waals surface area contributed by atoms with Crippen molar-refractivity contribution in [2.45, 2.75) is 58.5 Å². The molecule has 2 nitrogen and oxygen atoms in total. The van der Waals surface area contributed by atoms with Crippen LogP contribution in [0.15, 0.2) is 0 Å². The van der Waals surface area contributed by atoms with Gasteiger partial charge >= 0.3 is 0 Å². The van der Waals surface area contributed by atoms with Gasteiger partial charge in [-0.1, -0.05) is 41.0 Å². The first kappa shape index (κ1) is 16.1. The summed E-state index contributed by atoms with van der Waals surface area (Å²) < 4.78 is 11.2. The monoisotopic (exact) mass is 246 g/mol. The number of methoxy groups -OCH3 is 1. The molecule has 0 heterocycles. The van der Waals surface area contributed by atoms with E-state index in [1.807, 2.05) is 0 Å². The lowest BCUT2D eigenvalue weighted by Crippen LogP contribution is -2.30. The zero-order valence-electron chi connectivity index (χ0n) is 12.0. The quantitative estimate of drug-likeness (QED) is 0.481. The topological polar surface area (TPSA) is 18.5 Å². The molecule has 0 aliphatic carbocycles. The van der Waals surface area contributed by atoms with Gasteiger partial charge in [0.15, 0.2) is 9.04 Å². The zero-order valence-corrected chi connectivity index (χ0v) is 13.2. The normalized spacial score (nSPS) is 14.4. The van der Waals surface area contributed by atoms with E-state index < -0.39 is 9.04 Å². The molecule has 3 heteroatoms. The lowest BCUT2D eigenvalue weighted by Gasteiger charge is -2.29. The molecule has 0 saturated carbocycles. The van der Waals surface area contributed by atoms with Gasteiger partial charge < -0.3 is 9.16 Å². The third-order valence-electron chi connectivity index (χ3n) is 2.78. The summed E-state index contributed by atoms with van der Waals surface area (Å²) in [5, 5.41) is 0.377. The molecule has 0 spiro atoms. The Labute approximate surface area is 103 Å². The van der Waals surface area contributed by atoms with E-state index in [2.05, 4.69) is 34.6 Å². The van der Waals surface area contributed by atoms with Crippen molar-refractivity contribution in [3.8, 4) is 0 Å². The van der Waals surface area contributed by atoms with Crippen LogP contribution in [-0.2, 0) is 9.16 Å². The van der Waals surface area contributed by atoms with Crippen LogP contribution in [0.2, 0.25) is 11.1 Å². The molecule has 1 unspecified atom stereocenters. The second-order valence-electron chi connectivity index (χ2n) is 6.04. The van der Waals surface area contributed by atoms with Crippen molar-refractivity contribution in [3.05, 3.63) is 0 Å². The molecule has 0 N–H and O–H groups in total. The molecule has 1 atom stereocenters. The van der Waals surface area contributed by atoms with Crippen molar-refractivity contribution in [3.63, 3.8) is 0 Å². The third kappa shape index (κ3) is 8.31. The molecule has 0 aliphatic heterocycles. The minimum Gasteiger partial charge on any atom is -0.419 e. The molecule has 0 bridgehead atoms. The molecule has 0 fully saturated rings. The van der Waals surface area contributed by atoms with E-state index in [1.54, 1.807) is 7.11 Å². The Balaban J connectivity index is 3.92. The van der Waals surface area contributed by atoms with Crippen LogP contribution in [0.5, 0.6) is 0 Å².